The summed E-state index contributed by atoms with van der Waals surface area (Å²) >= 11 is 0. The SMILES string of the molecule is CN(C(=O)c1cc(C(F)(F)F)cc(C(F)(F)F)c1)C(CCC(=O)NCCc1ccccn1)Cc1ccc2ccccc2c1. The Morgan fingerprint density at radius 2 is 1.49 bits per heavy atom. The molecular formula is C32H29F6N3O2. The van der Waals surface area contributed by atoms with E-state index in [9.17, 15) is 35.9 Å². The molecule has 1 heterocycles. The predicted octanol–water partition coefficient (Wildman–Crippen LogP) is 7.09. The van der Waals surface area contributed by atoms with Crippen molar-refractivity contribution < 1.29 is 35.9 Å². The highest BCUT2D eigenvalue weighted by Gasteiger charge is 2.38. The highest BCUT2D eigenvalue weighted by atomic mass is 19.4. The number of pyridine rings is 1. The largest absolute Gasteiger partial charge is 0.416 e. The molecule has 1 atom stereocenters. The Balaban J connectivity index is 1.56. The van der Waals surface area contributed by atoms with Crippen LogP contribution >= 0.6 is 0 Å². The van der Waals surface area contributed by atoms with Crippen LogP contribution in [-0.4, -0.2) is 41.3 Å². The molecule has 4 aromatic rings. The predicted molar refractivity (Wildman–Crippen MR) is 150 cm³/mol. The van der Waals surface area contributed by atoms with Crippen molar-refractivity contribution in [3.05, 3.63) is 113 Å². The van der Waals surface area contributed by atoms with Gasteiger partial charge in [-0.15, -0.1) is 0 Å². The first-order valence-corrected chi connectivity index (χ1v) is 13.5. The summed E-state index contributed by atoms with van der Waals surface area (Å²) in [4.78, 5) is 31.4. The minimum atomic E-state index is -5.09. The van der Waals surface area contributed by atoms with Crippen LogP contribution in [0.1, 0.15) is 45.6 Å². The molecule has 0 saturated heterocycles. The average Bonchev–Trinajstić information content (AvgIpc) is 2.98. The fourth-order valence-corrected chi connectivity index (χ4v) is 4.78. The third kappa shape index (κ3) is 8.56. The Morgan fingerprint density at radius 3 is 2.12 bits per heavy atom. The number of hydrogen-bond acceptors (Lipinski definition) is 3. The molecule has 1 N–H and O–H groups in total. The third-order valence-electron chi connectivity index (χ3n) is 7.12. The fourth-order valence-electron chi connectivity index (χ4n) is 4.78. The Morgan fingerprint density at radius 1 is 0.837 bits per heavy atom. The van der Waals surface area contributed by atoms with Gasteiger partial charge in [0.2, 0.25) is 5.91 Å². The number of aromatic nitrogens is 1. The lowest BCUT2D eigenvalue weighted by Gasteiger charge is -2.29. The lowest BCUT2D eigenvalue weighted by Crippen LogP contribution is -2.40. The van der Waals surface area contributed by atoms with Crippen molar-refractivity contribution in [2.24, 2.45) is 0 Å². The zero-order valence-corrected chi connectivity index (χ0v) is 23.2. The van der Waals surface area contributed by atoms with Gasteiger partial charge in [-0.1, -0.05) is 48.5 Å². The number of amides is 2. The van der Waals surface area contributed by atoms with Crippen LogP contribution in [0.25, 0.3) is 10.8 Å². The second-order valence-electron chi connectivity index (χ2n) is 10.2. The first-order valence-electron chi connectivity index (χ1n) is 13.5. The molecule has 2 amide bonds. The van der Waals surface area contributed by atoms with E-state index >= 15 is 0 Å². The molecule has 1 aromatic heterocycles. The maximum atomic E-state index is 13.5. The van der Waals surface area contributed by atoms with E-state index in [1.54, 1.807) is 12.3 Å². The van der Waals surface area contributed by atoms with Crippen molar-refractivity contribution in [1.29, 1.82) is 0 Å². The molecule has 4 rings (SSSR count). The van der Waals surface area contributed by atoms with Gasteiger partial charge < -0.3 is 10.2 Å². The van der Waals surface area contributed by atoms with Gasteiger partial charge in [-0.25, -0.2) is 0 Å². The molecule has 0 bridgehead atoms. The molecule has 1 unspecified atom stereocenters. The number of rotatable bonds is 10. The molecule has 0 aliphatic heterocycles. The number of carbonyl (C=O) groups is 2. The Hall–Kier alpha value is -4.41. The van der Waals surface area contributed by atoms with Gasteiger partial charge in [-0.05, 0) is 59.5 Å². The molecule has 0 fully saturated rings. The van der Waals surface area contributed by atoms with E-state index in [0.717, 1.165) is 26.9 Å². The van der Waals surface area contributed by atoms with Gasteiger partial charge in [0.15, 0.2) is 0 Å². The van der Waals surface area contributed by atoms with Gasteiger partial charge in [0, 0.05) is 49.9 Å². The first kappa shape index (κ1) is 31.5. The van der Waals surface area contributed by atoms with Crippen molar-refractivity contribution in [1.82, 2.24) is 15.2 Å². The van der Waals surface area contributed by atoms with E-state index < -0.39 is 41.0 Å². The number of nitrogens with one attached hydrogen (secondary N) is 1. The molecule has 5 nitrogen and oxygen atoms in total. The maximum absolute atomic E-state index is 13.5. The molecule has 0 aliphatic rings. The van der Waals surface area contributed by atoms with Crippen molar-refractivity contribution in [3.8, 4) is 0 Å². The molecule has 0 aliphatic carbocycles. The van der Waals surface area contributed by atoms with Crippen molar-refractivity contribution in [2.45, 2.75) is 44.1 Å². The number of halogens is 6. The summed E-state index contributed by atoms with van der Waals surface area (Å²) in [5, 5.41) is 4.69. The summed E-state index contributed by atoms with van der Waals surface area (Å²) in [5.41, 5.74) is -2.30. The van der Waals surface area contributed by atoms with E-state index in [0.29, 0.717) is 25.1 Å². The average molecular weight is 602 g/mol. The van der Waals surface area contributed by atoms with Crippen LogP contribution in [0.2, 0.25) is 0 Å². The van der Waals surface area contributed by atoms with Crippen molar-refractivity contribution >= 4 is 22.6 Å². The van der Waals surface area contributed by atoms with Crippen LogP contribution in [-0.2, 0) is 30.0 Å². The molecular weight excluding hydrogens is 572 g/mol. The molecule has 226 valence electrons. The lowest BCUT2D eigenvalue weighted by molar-refractivity contribution is -0.143. The maximum Gasteiger partial charge on any atom is 0.416 e. The first-order chi connectivity index (χ1) is 20.3. The monoisotopic (exact) mass is 601 g/mol. The quantitative estimate of drug-likeness (QED) is 0.198. The summed E-state index contributed by atoms with van der Waals surface area (Å²) in [6.07, 6.45) is -7.71. The van der Waals surface area contributed by atoms with E-state index in [1.165, 1.54) is 7.05 Å². The van der Waals surface area contributed by atoms with E-state index in [1.807, 2.05) is 54.6 Å². The lowest BCUT2D eigenvalue weighted by atomic mass is 9.97. The molecule has 0 spiro atoms. The van der Waals surface area contributed by atoms with E-state index in [4.69, 9.17) is 0 Å². The Kier molecular flexibility index (Phi) is 9.73. The highest BCUT2D eigenvalue weighted by Crippen LogP contribution is 2.36. The normalized spacial score (nSPS) is 12.6. The van der Waals surface area contributed by atoms with Gasteiger partial charge in [-0.3, -0.25) is 14.6 Å². The fraction of sp³-hybridized carbons (Fsp3) is 0.281. The van der Waals surface area contributed by atoms with Crippen LogP contribution < -0.4 is 5.32 Å². The van der Waals surface area contributed by atoms with Crippen LogP contribution in [0.4, 0.5) is 26.3 Å². The van der Waals surface area contributed by atoms with Crippen molar-refractivity contribution in [3.63, 3.8) is 0 Å². The van der Waals surface area contributed by atoms with Gasteiger partial charge >= 0.3 is 12.4 Å². The zero-order valence-electron chi connectivity index (χ0n) is 23.2. The number of hydrogen-bond donors (Lipinski definition) is 1. The Labute approximate surface area is 244 Å². The summed E-state index contributed by atoms with van der Waals surface area (Å²) in [6, 6.07) is 18.7. The minimum Gasteiger partial charge on any atom is -0.356 e. The van der Waals surface area contributed by atoms with Crippen molar-refractivity contribution in [2.75, 3.05) is 13.6 Å². The topological polar surface area (TPSA) is 62.3 Å². The number of nitrogens with zero attached hydrogens (tertiary/aromatic N) is 2. The zero-order chi connectivity index (χ0) is 31.2. The minimum absolute atomic E-state index is 0.0152. The molecule has 43 heavy (non-hydrogen) atoms. The summed E-state index contributed by atoms with van der Waals surface area (Å²) in [6.45, 7) is 0.324. The van der Waals surface area contributed by atoms with Crippen LogP contribution in [0, 0.1) is 0 Å². The standard InChI is InChI=1S/C32H29F6N3O2/c1-41(30(43)24-18-25(31(33,34)35)20-26(19-24)32(36,37)38)28(17-21-9-10-22-6-2-3-7-23(22)16-21)11-12-29(42)40-15-13-27-8-4-5-14-39-27/h2-10,14,16,18-20,28H,11-13,15,17H2,1H3,(H,40,42). The second-order valence-corrected chi connectivity index (χ2v) is 10.2. The van der Waals surface area contributed by atoms with Gasteiger partial charge in [0.1, 0.15) is 0 Å². The summed E-state index contributed by atoms with van der Waals surface area (Å²) < 4.78 is 80.7. The smallest absolute Gasteiger partial charge is 0.356 e. The number of carbonyl (C=O) groups excluding carboxylic acids is 2. The molecule has 11 heteroatoms. The van der Waals surface area contributed by atoms with E-state index in [-0.39, 0.29) is 31.2 Å². The van der Waals surface area contributed by atoms with Gasteiger partial charge in [0.25, 0.3) is 5.91 Å². The second kappa shape index (κ2) is 13.3. The van der Waals surface area contributed by atoms with Crippen LogP contribution in [0.3, 0.4) is 0 Å². The molecule has 0 radical (unpaired) electrons. The summed E-state index contributed by atoms with van der Waals surface area (Å²) in [5.74, 6) is -1.32. The van der Waals surface area contributed by atoms with Gasteiger partial charge in [0.05, 0.1) is 11.1 Å². The number of fused-ring (bicyclic) bond motifs is 1. The van der Waals surface area contributed by atoms with Crippen LogP contribution in [0.15, 0.2) is 85.1 Å². The number of likely N-dealkylation sites (N-methyl/N-ethyl adjacent to an activating group) is 1. The number of benzene rings is 3. The summed E-state index contributed by atoms with van der Waals surface area (Å²) in [7, 11) is 1.32. The Bertz CT molecular complexity index is 1540. The number of alkyl halides is 6. The molecule has 0 saturated carbocycles. The molecule has 3 aromatic carbocycles. The van der Waals surface area contributed by atoms with E-state index in [2.05, 4.69) is 10.3 Å². The third-order valence-corrected chi connectivity index (χ3v) is 7.12. The van der Waals surface area contributed by atoms with Crippen LogP contribution in [0.5, 0.6) is 0 Å². The highest BCUT2D eigenvalue weighted by molar-refractivity contribution is 5.95. The van der Waals surface area contributed by atoms with Gasteiger partial charge in [-0.2, -0.15) is 26.3 Å².